The molecule has 2 atom stereocenters. The molecule has 1 N–H and O–H groups in total. The van der Waals surface area contributed by atoms with Crippen molar-refractivity contribution in [3.63, 3.8) is 0 Å². The molecule has 1 aliphatic rings. The number of hydrogen-bond acceptors (Lipinski definition) is 2. The largest absolute Gasteiger partial charge is 0.392 e. The van der Waals surface area contributed by atoms with Crippen LogP contribution in [0.1, 0.15) is 38.2 Å². The summed E-state index contributed by atoms with van der Waals surface area (Å²) in [5.74, 6) is 0.194. The molecule has 0 amide bonds. The van der Waals surface area contributed by atoms with Crippen molar-refractivity contribution in [3.05, 3.63) is 35.9 Å². The monoisotopic (exact) mass is 218 g/mol. The Morgan fingerprint density at radius 1 is 1.25 bits per heavy atom. The second-order valence-electron chi connectivity index (χ2n) is 4.64. The smallest absolute Gasteiger partial charge is 0.145 e. The SMILES string of the molecule is C[C@H](O)[C@@]1(c2ccccc2)CCCCC1=O. The molecule has 0 spiro atoms. The van der Waals surface area contributed by atoms with Crippen molar-refractivity contribution < 1.29 is 9.90 Å². The number of aliphatic hydroxyl groups excluding tert-OH is 1. The van der Waals surface area contributed by atoms with Gasteiger partial charge in [-0.1, -0.05) is 36.8 Å². The number of Topliss-reactive ketones (excluding diaryl/α,β-unsaturated/α-hetero) is 1. The van der Waals surface area contributed by atoms with Gasteiger partial charge in [-0.25, -0.2) is 0 Å². The molecule has 0 aromatic heterocycles. The second-order valence-corrected chi connectivity index (χ2v) is 4.64. The van der Waals surface area contributed by atoms with Gasteiger partial charge in [-0.3, -0.25) is 4.79 Å². The van der Waals surface area contributed by atoms with E-state index in [9.17, 15) is 9.90 Å². The van der Waals surface area contributed by atoms with Gasteiger partial charge in [-0.2, -0.15) is 0 Å². The van der Waals surface area contributed by atoms with Crippen molar-refractivity contribution in [2.75, 3.05) is 0 Å². The van der Waals surface area contributed by atoms with Crippen LogP contribution in [0.5, 0.6) is 0 Å². The predicted octanol–water partition coefficient (Wildman–Crippen LogP) is 2.45. The molecule has 1 aromatic rings. The summed E-state index contributed by atoms with van der Waals surface area (Å²) in [6, 6.07) is 9.71. The molecule has 0 bridgehead atoms. The lowest BCUT2D eigenvalue weighted by molar-refractivity contribution is -0.131. The standard InChI is InChI=1S/C14H18O2/c1-11(15)14(10-6-5-9-13(14)16)12-7-3-2-4-8-12/h2-4,7-8,11,15H,5-6,9-10H2,1H3/t11-,14+/m0/s1. The normalized spacial score (nSPS) is 27.8. The summed E-state index contributed by atoms with van der Waals surface area (Å²) >= 11 is 0. The minimum absolute atomic E-state index is 0.194. The van der Waals surface area contributed by atoms with Crippen LogP contribution in [-0.4, -0.2) is 17.0 Å². The molecule has 0 saturated heterocycles. The Bertz CT molecular complexity index is 370. The summed E-state index contributed by atoms with van der Waals surface area (Å²) in [4.78, 5) is 12.2. The molecule has 0 aliphatic heterocycles. The topological polar surface area (TPSA) is 37.3 Å². The van der Waals surface area contributed by atoms with Gasteiger partial charge in [0.15, 0.2) is 0 Å². The first-order valence-corrected chi connectivity index (χ1v) is 5.95. The van der Waals surface area contributed by atoms with Gasteiger partial charge in [0.05, 0.1) is 11.5 Å². The summed E-state index contributed by atoms with van der Waals surface area (Å²) in [6.07, 6.45) is 2.74. The third-order valence-corrected chi connectivity index (χ3v) is 3.72. The van der Waals surface area contributed by atoms with Crippen LogP contribution in [0.4, 0.5) is 0 Å². The Morgan fingerprint density at radius 2 is 1.94 bits per heavy atom. The van der Waals surface area contributed by atoms with Crippen LogP contribution < -0.4 is 0 Å². The highest BCUT2D eigenvalue weighted by atomic mass is 16.3. The number of aliphatic hydroxyl groups is 1. The lowest BCUT2D eigenvalue weighted by Crippen LogP contribution is -2.47. The van der Waals surface area contributed by atoms with Gasteiger partial charge in [0.25, 0.3) is 0 Å². The average Bonchev–Trinajstić information content (AvgIpc) is 2.30. The van der Waals surface area contributed by atoms with Gasteiger partial charge in [-0.05, 0) is 25.3 Å². The third kappa shape index (κ3) is 1.67. The fourth-order valence-corrected chi connectivity index (χ4v) is 2.78. The Balaban J connectivity index is 2.47. The molecular formula is C14H18O2. The quantitative estimate of drug-likeness (QED) is 0.828. The van der Waals surface area contributed by atoms with Crippen molar-refractivity contribution in [1.29, 1.82) is 0 Å². The van der Waals surface area contributed by atoms with Gasteiger partial charge in [0.1, 0.15) is 5.78 Å². The summed E-state index contributed by atoms with van der Waals surface area (Å²) in [6.45, 7) is 1.73. The first kappa shape index (κ1) is 11.3. The zero-order valence-corrected chi connectivity index (χ0v) is 9.65. The highest BCUT2D eigenvalue weighted by Gasteiger charge is 2.45. The lowest BCUT2D eigenvalue weighted by Gasteiger charge is -2.38. The molecule has 0 heterocycles. The predicted molar refractivity (Wildman–Crippen MR) is 63.3 cm³/mol. The molecule has 0 unspecified atom stereocenters. The second kappa shape index (κ2) is 4.38. The van der Waals surface area contributed by atoms with E-state index in [2.05, 4.69) is 0 Å². The number of hydrogen-bond donors (Lipinski definition) is 1. The van der Waals surface area contributed by atoms with Gasteiger partial charge in [0.2, 0.25) is 0 Å². The van der Waals surface area contributed by atoms with Crippen molar-refractivity contribution in [1.82, 2.24) is 0 Å². The number of rotatable bonds is 2. The maximum Gasteiger partial charge on any atom is 0.145 e. The summed E-state index contributed by atoms with van der Waals surface area (Å²) in [5, 5.41) is 10.0. The Hall–Kier alpha value is -1.15. The fraction of sp³-hybridized carbons (Fsp3) is 0.500. The van der Waals surface area contributed by atoms with Crippen LogP contribution >= 0.6 is 0 Å². The molecule has 2 nitrogen and oxygen atoms in total. The molecule has 1 aromatic carbocycles. The maximum absolute atomic E-state index is 12.2. The van der Waals surface area contributed by atoms with Crippen LogP contribution in [0.25, 0.3) is 0 Å². The van der Waals surface area contributed by atoms with Crippen molar-refractivity contribution in [2.45, 2.75) is 44.1 Å². The van der Waals surface area contributed by atoms with E-state index in [0.717, 1.165) is 24.8 Å². The lowest BCUT2D eigenvalue weighted by atomic mass is 9.65. The Kier molecular flexibility index (Phi) is 3.10. The van der Waals surface area contributed by atoms with Gasteiger partial charge >= 0.3 is 0 Å². The Morgan fingerprint density at radius 3 is 2.50 bits per heavy atom. The third-order valence-electron chi connectivity index (χ3n) is 3.72. The van der Waals surface area contributed by atoms with Gasteiger partial charge < -0.3 is 5.11 Å². The molecule has 2 heteroatoms. The number of benzene rings is 1. The van der Waals surface area contributed by atoms with Crippen molar-refractivity contribution >= 4 is 5.78 Å². The highest BCUT2D eigenvalue weighted by molar-refractivity contribution is 5.91. The van der Waals surface area contributed by atoms with E-state index < -0.39 is 11.5 Å². The Labute approximate surface area is 96.3 Å². The molecule has 2 rings (SSSR count). The number of carbonyl (C=O) groups is 1. The minimum atomic E-state index is -0.653. The summed E-state index contributed by atoms with van der Waals surface area (Å²) in [5.41, 5.74) is 0.314. The van der Waals surface area contributed by atoms with E-state index in [4.69, 9.17) is 0 Å². The first-order valence-electron chi connectivity index (χ1n) is 5.95. The van der Waals surface area contributed by atoms with Crippen molar-refractivity contribution in [2.24, 2.45) is 0 Å². The van der Waals surface area contributed by atoms with E-state index >= 15 is 0 Å². The highest BCUT2D eigenvalue weighted by Crippen LogP contribution is 2.39. The van der Waals surface area contributed by atoms with Crippen molar-refractivity contribution in [3.8, 4) is 0 Å². The molecule has 16 heavy (non-hydrogen) atoms. The zero-order valence-electron chi connectivity index (χ0n) is 9.65. The van der Waals surface area contributed by atoms with Crippen LogP contribution in [-0.2, 0) is 10.2 Å². The van der Waals surface area contributed by atoms with Crippen LogP contribution in [0, 0.1) is 0 Å². The molecule has 0 radical (unpaired) electrons. The maximum atomic E-state index is 12.2. The number of ketones is 1. The van der Waals surface area contributed by atoms with Gasteiger partial charge in [-0.15, -0.1) is 0 Å². The molecule has 1 saturated carbocycles. The van der Waals surface area contributed by atoms with Crippen LogP contribution in [0.3, 0.4) is 0 Å². The first-order chi connectivity index (χ1) is 7.68. The summed E-state index contributed by atoms with van der Waals surface area (Å²) < 4.78 is 0. The molecule has 1 fully saturated rings. The zero-order chi connectivity index (χ0) is 11.6. The number of carbonyl (C=O) groups excluding carboxylic acids is 1. The molecule has 1 aliphatic carbocycles. The summed E-state index contributed by atoms with van der Waals surface area (Å²) in [7, 11) is 0. The average molecular weight is 218 g/mol. The van der Waals surface area contributed by atoms with E-state index in [-0.39, 0.29) is 5.78 Å². The molecular weight excluding hydrogens is 200 g/mol. The van der Waals surface area contributed by atoms with E-state index in [1.165, 1.54) is 0 Å². The van der Waals surface area contributed by atoms with E-state index in [0.29, 0.717) is 6.42 Å². The van der Waals surface area contributed by atoms with Gasteiger partial charge in [0, 0.05) is 6.42 Å². The molecule has 86 valence electrons. The fourth-order valence-electron chi connectivity index (χ4n) is 2.78. The van der Waals surface area contributed by atoms with E-state index in [1.807, 2.05) is 30.3 Å². The van der Waals surface area contributed by atoms with Crippen LogP contribution in [0.2, 0.25) is 0 Å². The minimum Gasteiger partial charge on any atom is -0.392 e. The van der Waals surface area contributed by atoms with Crippen LogP contribution in [0.15, 0.2) is 30.3 Å². The van der Waals surface area contributed by atoms with E-state index in [1.54, 1.807) is 6.92 Å².